The molecule has 0 N–H and O–H groups in total. The van der Waals surface area contributed by atoms with Gasteiger partial charge in [0.15, 0.2) is 0 Å². The minimum Gasteiger partial charge on any atom is -0.293 e. The van der Waals surface area contributed by atoms with Gasteiger partial charge >= 0.3 is 0 Å². The van der Waals surface area contributed by atoms with Crippen LogP contribution in [0.4, 0.5) is 0 Å². The van der Waals surface area contributed by atoms with Crippen LogP contribution in [0.3, 0.4) is 0 Å². The summed E-state index contributed by atoms with van der Waals surface area (Å²) in [6.45, 7) is 2.12. The molecule has 0 aromatic carbocycles. The molecule has 0 radical (unpaired) electrons. The first kappa shape index (κ1) is 6.65. The second-order valence-corrected chi connectivity index (χ2v) is 3.18. The molecule has 0 aromatic heterocycles. The standard InChI is InChI=1S/C9H12N2/c1-7-3-4-9-8(5-7)6-10-11(9)2/h3-6,8-9H,1-2H3. The van der Waals surface area contributed by atoms with E-state index in [1.54, 1.807) is 0 Å². The maximum absolute atomic E-state index is 4.23. The molecular weight excluding hydrogens is 136 g/mol. The second-order valence-electron chi connectivity index (χ2n) is 3.18. The Morgan fingerprint density at radius 1 is 1.55 bits per heavy atom. The minimum atomic E-state index is 0.471. The van der Waals surface area contributed by atoms with Crippen LogP contribution in [-0.2, 0) is 0 Å². The lowest BCUT2D eigenvalue weighted by molar-refractivity contribution is 0.306. The van der Waals surface area contributed by atoms with Crippen LogP contribution in [0.5, 0.6) is 0 Å². The van der Waals surface area contributed by atoms with E-state index >= 15 is 0 Å². The summed E-state index contributed by atoms with van der Waals surface area (Å²) in [6.07, 6.45) is 8.65. The highest BCUT2D eigenvalue weighted by Gasteiger charge is 2.25. The molecule has 0 fully saturated rings. The van der Waals surface area contributed by atoms with E-state index in [2.05, 4.69) is 30.3 Å². The Labute approximate surface area is 66.9 Å². The summed E-state index contributed by atoms with van der Waals surface area (Å²) in [5.74, 6) is 0.505. The van der Waals surface area contributed by atoms with Gasteiger partial charge in [0.25, 0.3) is 0 Å². The molecule has 1 heterocycles. The maximum atomic E-state index is 4.23. The largest absolute Gasteiger partial charge is 0.293 e. The molecule has 2 atom stereocenters. The van der Waals surface area contributed by atoms with Crippen molar-refractivity contribution in [2.45, 2.75) is 13.0 Å². The molecule has 2 aliphatic rings. The van der Waals surface area contributed by atoms with Gasteiger partial charge in [-0.25, -0.2) is 0 Å². The van der Waals surface area contributed by atoms with Gasteiger partial charge in [0.2, 0.25) is 0 Å². The van der Waals surface area contributed by atoms with E-state index in [-0.39, 0.29) is 0 Å². The van der Waals surface area contributed by atoms with Crippen LogP contribution >= 0.6 is 0 Å². The molecule has 0 spiro atoms. The fourth-order valence-corrected chi connectivity index (χ4v) is 1.60. The van der Waals surface area contributed by atoms with Crippen LogP contribution in [0, 0.1) is 5.92 Å². The number of hydrogen-bond acceptors (Lipinski definition) is 2. The van der Waals surface area contributed by atoms with E-state index in [0.717, 1.165) is 0 Å². The van der Waals surface area contributed by atoms with Gasteiger partial charge in [-0.3, -0.25) is 5.01 Å². The van der Waals surface area contributed by atoms with Crippen molar-refractivity contribution in [1.82, 2.24) is 5.01 Å². The van der Waals surface area contributed by atoms with Crippen LogP contribution in [0.15, 0.2) is 28.9 Å². The van der Waals surface area contributed by atoms with Gasteiger partial charge in [0, 0.05) is 19.2 Å². The topological polar surface area (TPSA) is 15.6 Å². The predicted octanol–water partition coefficient (Wildman–Crippen LogP) is 1.42. The van der Waals surface area contributed by atoms with Crippen molar-refractivity contribution in [1.29, 1.82) is 0 Å². The first-order valence-corrected chi connectivity index (χ1v) is 3.91. The predicted molar refractivity (Wildman–Crippen MR) is 46.4 cm³/mol. The molecule has 1 aliphatic heterocycles. The van der Waals surface area contributed by atoms with E-state index in [1.165, 1.54) is 5.57 Å². The molecule has 58 valence electrons. The Kier molecular flexibility index (Phi) is 1.34. The normalized spacial score (nSPS) is 34.0. The molecule has 2 nitrogen and oxygen atoms in total. The van der Waals surface area contributed by atoms with Gasteiger partial charge in [0.1, 0.15) is 0 Å². The Morgan fingerprint density at radius 2 is 2.36 bits per heavy atom. The summed E-state index contributed by atoms with van der Waals surface area (Å²) < 4.78 is 0. The van der Waals surface area contributed by atoms with Gasteiger partial charge < -0.3 is 0 Å². The molecular formula is C9H12N2. The van der Waals surface area contributed by atoms with Crippen LogP contribution < -0.4 is 0 Å². The molecule has 0 aromatic rings. The van der Waals surface area contributed by atoms with E-state index in [1.807, 2.05) is 18.3 Å². The van der Waals surface area contributed by atoms with Crippen molar-refractivity contribution in [3.63, 3.8) is 0 Å². The zero-order valence-corrected chi connectivity index (χ0v) is 6.86. The first-order chi connectivity index (χ1) is 5.27. The van der Waals surface area contributed by atoms with Crippen LogP contribution in [0.25, 0.3) is 0 Å². The van der Waals surface area contributed by atoms with Gasteiger partial charge in [-0.15, -0.1) is 0 Å². The van der Waals surface area contributed by atoms with E-state index in [4.69, 9.17) is 0 Å². The maximum Gasteiger partial charge on any atom is 0.0763 e. The molecule has 0 saturated carbocycles. The van der Waals surface area contributed by atoms with Crippen molar-refractivity contribution >= 4 is 6.21 Å². The number of fused-ring (bicyclic) bond motifs is 1. The monoisotopic (exact) mass is 148 g/mol. The summed E-state index contributed by atoms with van der Waals surface area (Å²) in [7, 11) is 2.01. The quantitative estimate of drug-likeness (QED) is 0.507. The fraction of sp³-hybridized carbons (Fsp3) is 0.444. The van der Waals surface area contributed by atoms with Gasteiger partial charge in [-0.1, -0.05) is 23.8 Å². The number of likely N-dealkylation sites (N-methyl/N-ethyl adjacent to an activating group) is 1. The Balaban J connectivity index is 2.26. The van der Waals surface area contributed by atoms with Crippen molar-refractivity contribution in [3.05, 3.63) is 23.8 Å². The summed E-state index contributed by atoms with van der Waals surface area (Å²) in [5.41, 5.74) is 1.34. The molecule has 0 amide bonds. The smallest absolute Gasteiger partial charge is 0.0763 e. The van der Waals surface area contributed by atoms with Crippen molar-refractivity contribution < 1.29 is 0 Å². The lowest BCUT2D eigenvalue weighted by Crippen LogP contribution is -2.27. The average molecular weight is 148 g/mol. The van der Waals surface area contributed by atoms with Gasteiger partial charge in [-0.2, -0.15) is 5.10 Å². The first-order valence-electron chi connectivity index (χ1n) is 3.91. The van der Waals surface area contributed by atoms with Crippen molar-refractivity contribution in [2.24, 2.45) is 11.0 Å². The van der Waals surface area contributed by atoms with Crippen LogP contribution in [0.1, 0.15) is 6.92 Å². The lowest BCUT2D eigenvalue weighted by atomic mass is 9.94. The van der Waals surface area contributed by atoms with Crippen LogP contribution in [-0.4, -0.2) is 24.3 Å². The molecule has 1 aliphatic carbocycles. The highest BCUT2D eigenvalue weighted by Crippen LogP contribution is 2.23. The third-order valence-corrected chi connectivity index (χ3v) is 2.26. The van der Waals surface area contributed by atoms with Crippen LogP contribution in [0.2, 0.25) is 0 Å². The number of allylic oxidation sites excluding steroid dienone is 2. The molecule has 2 rings (SSSR count). The van der Waals surface area contributed by atoms with Gasteiger partial charge in [0.05, 0.1) is 6.04 Å². The van der Waals surface area contributed by atoms with Crippen molar-refractivity contribution in [2.75, 3.05) is 7.05 Å². The molecule has 0 bridgehead atoms. The summed E-state index contributed by atoms with van der Waals surface area (Å²) >= 11 is 0. The zero-order chi connectivity index (χ0) is 7.84. The average Bonchev–Trinajstić information content (AvgIpc) is 2.32. The third-order valence-electron chi connectivity index (χ3n) is 2.26. The molecule has 11 heavy (non-hydrogen) atoms. The minimum absolute atomic E-state index is 0.471. The third kappa shape index (κ3) is 0.985. The second kappa shape index (κ2) is 2.22. The van der Waals surface area contributed by atoms with Crippen molar-refractivity contribution in [3.8, 4) is 0 Å². The summed E-state index contributed by atoms with van der Waals surface area (Å²) in [6, 6.07) is 0.471. The Morgan fingerprint density at radius 3 is 3.18 bits per heavy atom. The number of hydrogen-bond donors (Lipinski definition) is 0. The summed E-state index contributed by atoms with van der Waals surface area (Å²) in [4.78, 5) is 0. The highest BCUT2D eigenvalue weighted by atomic mass is 15.5. The fourth-order valence-electron chi connectivity index (χ4n) is 1.60. The van der Waals surface area contributed by atoms with Gasteiger partial charge in [-0.05, 0) is 6.92 Å². The highest BCUT2D eigenvalue weighted by molar-refractivity contribution is 5.68. The summed E-state index contributed by atoms with van der Waals surface area (Å²) in [5, 5.41) is 6.23. The molecule has 2 heteroatoms. The zero-order valence-electron chi connectivity index (χ0n) is 6.86. The Hall–Kier alpha value is -1.05. The number of nitrogens with zero attached hydrogens (tertiary/aromatic N) is 2. The van der Waals surface area contributed by atoms with E-state index < -0.39 is 0 Å². The lowest BCUT2D eigenvalue weighted by Gasteiger charge is -2.22. The van der Waals surface area contributed by atoms with E-state index in [9.17, 15) is 0 Å². The molecule has 0 saturated heterocycles. The number of hydrazone groups is 1. The molecule has 2 unspecified atom stereocenters. The van der Waals surface area contributed by atoms with E-state index in [0.29, 0.717) is 12.0 Å². The Bertz CT molecular complexity index is 250. The number of rotatable bonds is 0. The SMILES string of the molecule is CC1=CC2C=NN(C)C2C=C1.